The molecule has 0 atom stereocenters. The van der Waals surface area contributed by atoms with E-state index in [-0.39, 0.29) is 0 Å². The van der Waals surface area contributed by atoms with Crippen molar-refractivity contribution in [2.45, 2.75) is 34.1 Å². The van der Waals surface area contributed by atoms with E-state index in [0.29, 0.717) is 6.54 Å². The molecular formula is C34H36N2. The van der Waals surface area contributed by atoms with Crippen LogP contribution in [0.4, 0.5) is 17.1 Å². The number of nitrogens with zero attached hydrogens (tertiary/aromatic N) is 1. The number of para-hydroxylation sites is 2. The van der Waals surface area contributed by atoms with E-state index in [0.717, 1.165) is 28.9 Å². The summed E-state index contributed by atoms with van der Waals surface area (Å²) in [6.07, 6.45) is 5.38. The summed E-state index contributed by atoms with van der Waals surface area (Å²) in [5.41, 5.74) is 10.6. The lowest BCUT2D eigenvalue weighted by molar-refractivity contribution is 1.17. The van der Waals surface area contributed by atoms with Crippen molar-refractivity contribution in [1.82, 2.24) is 0 Å². The largest absolute Gasteiger partial charge is 0.379 e. The second kappa shape index (κ2) is 11.1. The van der Waals surface area contributed by atoms with Crippen molar-refractivity contribution in [2.75, 3.05) is 16.8 Å². The SMILES string of the molecule is C=C(C)C(=C)CNc1ccccc1N(/C=C\CC)c1cccc2c1-c1cccc3cccc-2c13.CC. The van der Waals surface area contributed by atoms with Crippen LogP contribution in [0.15, 0.2) is 115 Å². The minimum atomic E-state index is 0.662. The molecule has 1 N–H and O–H groups in total. The average molecular weight is 473 g/mol. The van der Waals surface area contributed by atoms with Crippen molar-refractivity contribution in [3.05, 3.63) is 115 Å². The zero-order valence-corrected chi connectivity index (χ0v) is 21.9. The van der Waals surface area contributed by atoms with Crippen molar-refractivity contribution in [1.29, 1.82) is 0 Å². The van der Waals surface area contributed by atoms with Gasteiger partial charge in [0, 0.05) is 18.3 Å². The number of fused-ring (bicyclic) bond motifs is 3. The molecule has 182 valence electrons. The van der Waals surface area contributed by atoms with Gasteiger partial charge in [0.15, 0.2) is 0 Å². The van der Waals surface area contributed by atoms with E-state index < -0.39 is 0 Å². The summed E-state index contributed by atoms with van der Waals surface area (Å²) >= 11 is 0. The maximum absolute atomic E-state index is 4.15. The molecule has 0 bridgehead atoms. The summed E-state index contributed by atoms with van der Waals surface area (Å²) in [6, 6.07) is 28.4. The Kier molecular flexibility index (Phi) is 7.75. The lowest BCUT2D eigenvalue weighted by Gasteiger charge is -2.27. The van der Waals surface area contributed by atoms with Crippen molar-refractivity contribution in [3.63, 3.8) is 0 Å². The number of hydrogen-bond donors (Lipinski definition) is 1. The predicted molar refractivity (Wildman–Crippen MR) is 160 cm³/mol. The second-order valence-electron chi connectivity index (χ2n) is 8.83. The van der Waals surface area contributed by atoms with Gasteiger partial charge in [0.05, 0.1) is 17.1 Å². The fourth-order valence-electron chi connectivity index (χ4n) is 4.71. The third-order valence-electron chi connectivity index (χ3n) is 6.52. The second-order valence-corrected chi connectivity index (χ2v) is 8.83. The van der Waals surface area contributed by atoms with Gasteiger partial charge in [-0.05, 0) is 64.6 Å². The van der Waals surface area contributed by atoms with Gasteiger partial charge in [-0.1, -0.05) is 106 Å². The summed E-state index contributed by atoms with van der Waals surface area (Å²) in [4.78, 5) is 2.32. The van der Waals surface area contributed by atoms with E-state index >= 15 is 0 Å². The molecule has 4 aromatic rings. The topological polar surface area (TPSA) is 15.3 Å². The summed E-state index contributed by atoms with van der Waals surface area (Å²) in [5.74, 6) is 0. The number of benzene rings is 4. The number of nitrogens with one attached hydrogen (secondary N) is 1. The molecule has 0 spiro atoms. The molecule has 2 nitrogen and oxygen atoms in total. The van der Waals surface area contributed by atoms with Gasteiger partial charge in [0.1, 0.15) is 0 Å². The Balaban J connectivity index is 0.00000148. The first kappa shape index (κ1) is 25.1. The van der Waals surface area contributed by atoms with Crippen LogP contribution in [-0.2, 0) is 0 Å². The molecule has 2 heteroatoms. The van der Waals surface area contributed by atoms with Gasteiger partial charge >= 0.3 is 0 Å². The minimum Gasteiger partial charge on any atom is -0.379 e. The van der Waals surface area contributed by atoms with Gasteiger partial charge in [0.2, 0.25) is 0 Å². The van der Waals surface area contributed by atoms with Crippen LogP contribution in [0.25, 0.3) is 33.0 Å². The molecular weight excluding hydrogens is 436 g/mol. The van der Waals surface area contributed by atoms with Crippen LogP contribution in [-0.4, -0.2) is 6.54 Å². The smallest absolute Gasteiger partial charge is 0.0687 e. The zero-order chi connectivity index (χ0) is 25.7. The highest BCUT2D eigenvalue weighted by Crippen LogP contribution is 2.52. The molecule has 0 unspecified atom stereocenters. The third-order valence-corrected chi connectivity index (χ3v) is 6.52. The van der Waals surface area contributed by atoms with Crippen LogP contribution in [0.2, 0.25) is 0 Å². The normalized spacial score (nSPS) is 11.1. The fraction of sp³-hybridized carbons (Fsp3) is 0.176. The van der Waals surface area contributed by atoms with E-state index in [2.05, 4.69) is 121 Å². The maximum Gasteiger partial charge on any atom is 0.0687 e. The fourth-order valence-corrected chi connectivity index (χ4v) is 4.71. The van der Waals surface area contributed by atoms with E-state index in [4.69, 9.17) is 0 Å². The average Bonchev–Trinajstić information content (AvgIpc) is 3.25. The Morgan fingerprint density at radius 1 is 0.806 bits per heavy atom. The zero-order valence-electron chi connectivity index (χ0n) is 21.9. The number of rotatable bonds is 8. The molecule has 0 heterocycles. The van der Waals surface area contributed by atoms with E-state index in [1.54, 1.807) is 0 Å². The summed E-state index contributed by atoms with van der Waals surface area (Å²) in [6.45, 7) is 17.0. The van der Waals surface area contributed by atoms with Crippen LogP contribution in [0.5, 0.6) is 0 Å². The van der Waals surface area contributed by atoms with Crippen molar-refractivity contribution in [3.8, 4) is 22.3 Å². The van der Waals surface area contributed by atoms with Crippen LogP contribution in [0.3, 0.4) is 0 Å². The molecule has 0 saturated heterocycles. The Morgan fingerprint density at radius 2 is 1.44 bits per heavy atom. The van der Waals surface area contributed by atoms with E-state index in [1.165, 1.54) is 38.7 Å². The predicted octanol–water partition coefficient (Wildman–Crippen LogP) is 10.1. The first-order chi connectivity index (χ1) is 17.6. The number of hydrogen-bond acceptors (Lipinski definition) is 2. The van der Waals surface area contributed by atoms with E-state index in [9.17, 15) is 0 Å². The van der Waals surface area contributed by atoms with Crippen molar-refractivity contribution >= 4 is 27.8 Å². The molecule has 0 saturated carbocycles. The molecule has 0 aliphatic heterocycles. The van der Waals surface area contributed by atoms with E-state index in [1.807, 2.05) is 20.8 Å². The quantitative estimate of drug-likeness (QED) is 0.226. The van der Waals surface area contributed by atoms with Crippen molar-refractivity contribution < 1.29 is 0 Å². The van der Waals surface area contributed by atoms with Crippen molar-refractivity contribution in [2.24, 2.45) is 0 Å². The van der Waals surface area contributed by atoms with Gasteiger partial charge < -0.3 is 10.2 Å². The van der Waals surface area contributed by atoms with Gasteiger partial charge in [-0.25, -0.2) is 0 Å². The number of allylic oxidation sites excluding steroid dienone is 1. The first-order valence-electron chi connectivity index (χ1n) is 12.9. The van der Waals surface area contributed by atoms with Gasteiger partial charge in [-0.3, -0.25) is 0 Å². The van der Waals surface area contributed by atoms with Gasteiger partial charge in [0.25, 0.3) is 0 Å². The van der Waals surface area contributed by atoms with Crippen LogP contribution >= 0.6 is 0 Å². The number of anilines is 3. The summed E-state index contributed by atoms with van der Waals surface area (Å²) in [5, 5.41) is 6.22. The summed E-state index contributed by atoms with van der Waals surface area (Å²) in [7, 11) is 0. The third kappa shape index (κ3) is 4.59. The van der Waals surface area contributed by atoms with Gasteiger partial charge in [-0.15, -0.1) is 0 Å². The highest BCUT2D eigenvalue weighted by molar-refractivity contribution is 6.18. The molecule has 4 aromatic carbocycles. The highest BCUT2D eigenvalue weighted by atomic mass is 15.1. The Hall–Kier alpha value is -4.04. The maximum atomic E-state index is 4.15. The molecule has 0 fully saturated rings. The molecule has 1 aliphatic rings. The highest BCUT2D eigenvalue weighted by Gasteiger charge is 2.26. The van der Waals surface area contributed by atoms with Crippen LogP contribution < -0.4 is 10.2 Å². The van der Waals surface area contributed by atoms with Gasteiger partial charge in [-0.2, -0.15) is 0 Å². The molecule has 36 heavy (non-hydrogen) atoms. The summed E-state index contributed by atoms with van der Waals surface area (Å²) < 4.78 is 0. The monoisotopic (exact) mass is 472 g/mol. The van der Waals surface area contributed by atoms with Crippen LogP contribution in [0, 0.1) is 0 Å². The Labute approximate surface area is 216 Å². The molecule has 0 radical (unpaired) electrons. The Morgan fingerprint density at radius 3 is 2.17 bits per heavy atom. The lowest BCUT2D eigenvalue weighted by atomic mass is 10.0. The Bertz CT molecular complexity index is 1440. The first-order valence-corrected chi connectivity index (χ1v) is 12.9. The lowest BCUT2D eigenvalue weighted by Crippen LogP contribution is -2.14. The molecule has 5 rings (SSSR count). The minimum absolute atomic E-state index is 0.662. The van der Waals surface area contributed by atoms with Crippen LogP contribution in [0.1, 0.15) is 34.1 Å². The molecule has 0 aromatic heterocycles. The molecule has 0 amide bonds. The molecule has 1 aliphatic carbocycles. The standard InChI is InChI=1S/C32H30N2.C2H6/c1-5-6-20-34(29-18-8-7-17-28(29)33-21-23(4)22(2)3)30-19-11-15-26-25-14-9-12-24-13-10-16-27(31(24)25)32(26)30;1-2/h6-20,33H,2,4-5,21H2,1,3H3;1-2H3/b20-6-;.